The van der Waals surface area contributed by atoms with E-state index in [-0.39, 0.29) is 10.9 Å². The number of aryl methyl sites for hydroxylation is 1. The molecule has 2 rings (SSSR count). The Morgan fingerprint density at radius 3 is 2.50 bits per heavy atom. The second kappa shape index (κ2) is 5.58. The van der Waals surface area contributed by atoms with Crippen molar-refractivity contribution in [2.45, 2.75) is 38.3 Å². The van der Waals surface area contributed by atoms with E-state index in [0.717, 1.165) is 11.1 Å². The summed E-state index contributed by atoms with van der Waals surface area (Å²) in [6.07, 6.45) is 1.50. The predicted octanol–water partition coefficient (Wildman–Crippen LogP) is 3.29. The van der Waals surface area contributed by atoms with Crippen LogP contribution in [0, 0.1) is 6.92 Å². The van der Waals surface area contributed by atoms with Gasteiger partial charge in [-0.1, -0.05) is 38.1 Å². The summed E-state index contributed by atoms with van der Waals surface area (Å²) in [7, 11) is 1.58. The fraction of sp³-hybridized carbons (Fsp3) is 0.357. The molecule has 4 nitrogen and oxygen atoms in total. The zero-order chi connectivity index (χ0) is 14.9. The molecule has 0 aliphatic rings. The number of imidazole rings is 1. The van der Waals surface area contributed by atoms with E-state index in [0.29, 0.717) is 12.4 Å². The number of hydrogen-bond donors (Lipinski definition) is 0. The van der Waals surface area contributed by atoms with Crippen molar-refractivity contribution in [3.63, 3.8) is 0 Å². The molecule has 0 amide bonds. The average molecular weight is 313 g/mol. The van der Waals surface area contributed by atoms with Gasteiger partial charge in [-0.15, -0.1) is 0 Å². The first-order chi connectivity index (χ1) is 9.29. The number of aromatic nitrogens is 2. The molecule has 1 aromatic carbocycles. The van der Waals surface area contributed by atoms with Crippen LogP contribution >= 0.6 is 10.7 Å². The minimum absolute atomic E-state index is 0.0866. The van der Waals surface area contributed by atoms with Crippen molar-refractivity contribution in [2.75, 3.05) is 0 Å². The Morgan fingerprint density at radius 2 is 1.95 bits per heavy atom. The smallest absolute Gasteiger partial charge is 0.280 e. The van der Waals surface area contributed by atoms with Crippen molar-refractivity contribution in [1.29, 1.82) is 0 Å². The lowest BCUT2D eigenvalue weighted by Crippen LogP contribution is -2.06. The second-order valence-electron chi connectivity index (χ2n) is 5.08. The van der Waals surface area contributed by atoms with E-state index in [9.17, 15) is 8.42 Å². The van der Waals surface area contributed by atoms with E-state index in [2.05, 4.69) is 4.98 Å². The molecule has 0 aliphatic heterocycles. The Balaban J connectivity index is 2.46. The van der Waals surface area contributed by atoms with Crippen molar-refractivity contribution >= 4 is 19.7 Å². The van der Waals surface area contributed by atoms with Gasteiger partial charge < -0.3 is 4.57 Å². The van der Waals surface area contributed by atoms with Gasteiger partial charge in [0.05, 0.1) is 0 Å². The molecule has 0 aliphatic carbocycles. The molecule has 0 saturated carbocycles. The van der Waals surface area contributed by atoms with Gasteiger partial charge in [0, 0.05) is 29.3 Å². The molecule has 0 fully saturated rings. The molecular weight excluding hydrogens is 296 g/mol. The third-order valence-electron chi connectivity index (χ3n) is 3.15. The molecule has 1 heterocycles. The fourth-order valence-electron chi connectivity index (χ4n) is 2.08. The Hall–Kier alpha value is -1.33. The highest BCUT2D eigenvalue weighted by Gasteiger charge is 2.19. The molecular formula is C14H17ClN2O2S. The van der Waals surface area contributed by atoms with E-state index in [1.165, 1.54) is 6.20 Å². The Labute approximate surface area is 123 Å². The SMILES string of the molecule is Cc1ccccc1Cn1cc(S(=O)(=O)Cl)nc1C(C)C. The molecule has 0 atom stereocenters. The van der Waals surface area contributed by atoms with E-state index in [1.54, 1.807) is 0 Å². The van der Waals surface area contributed by atoms with Gasteiger partial charge in [-0.3, -0.25) is 0 Å². The van der Waals surface area contributed by atoms with Crippen LogP contribution in [0.5, 0.6) is 0 Å². The summed E-state index contributed by atoms with van der Waals surface area (Å²) in [6, 6.07) is 7.99. The maximum Gasteiger partial charge on any atom is 0.280 e. The summed E-state index contributed by atoms with van der Waals surface area (Å²) in [4.78, 5) is 4.15. The summed E-state index contributed by atoms with van der Waals surface area (Å²) in [5, 5.41) is -0.0866. The molecule has 108 valence electrons. The molecule has 0 saturated heterocycles. The summed E-state index contributed by atoms with van der Waals surface area (Å²) in [6.45, 7) is 6.56. The van der Waals surface area contributed by atoms with Gasteiger partial charge >= 0.3 is 0 Å². The molecule has 0 bridgehead atoms. The van der Waals surface area contributed by atoms with Gasteiger partial charge in [0.25, 0.3) is 9.05 Å². The normalized spacial score (nSPS) is 12.1. The Kier molecular flexibility index (Phi) is 4.20. The van der Waals surface area contributed by atoms with Crippen molar-refractivity contribution in [1.82, 2.24) is 9.55 Å². The summed E-state index contributed by atoms with van der Waals surface area (Å²) in [5.74, 6) is 0.832. The van der Waals surface area contributed by atoms with Gasteiger partial charge in [0.1, 0.15) is 5.82 Å². The van der Waals surface area contributed by atoms with Crippen molar-refractivity contribution in [3.05, 3.63) is 47.4 Å². The lowest BCUT2D eigenvalue weighted by Gasteiger charge is -2.11. The van der Waals surface area contributed by atoms with Crippen LogP contribution in [-0.2, 0) is 15.6 Å². The summed E-state index contributed by atoms with van der Waals surface area (Å²) < 4.78 is 24.7. The van der Waals surface area contributed by atoms with Crippen LogP contribution in [0.4, 0.5) is 0 Å². The first kappa shape index (κ1) is 15.1. The summed E-state index contributed by atoms with van der Waals surface area (Å²) in [5.41, 5.74) is 2.29. The van der Waals surface area contributed by atoms with Crippen molar-refractivity contribution in [3.8, 4) is 0 Å². The number of rotatable bonds is 4. The van der Waals surface area contributed by atoms with Crippen molar-refractivity contribution in [2.24, 2.45) is 0 Å². The van der Waals surface area contributed by atoms with Crippen LogP contribution in [0.2, 0.25) is 0 Å². The molecule has 0 unspecified atom stereocenters. The quantitative estimate of drug-likeness (QED) is 0.814. The number of benzene rings is 1. The first-order valence-electron chi connectivity index (χ1n) is 6.35. The predicted molar refractivity (Wildman–Crippen MR) is 79.6 cm³/mol. The minimum Gasteiger partial charge on any atom is -0.329 e. The highest BCUT2D eigenvalue weighted by Crippen LogP contribution is 2.21. The van der Waals surface area contributed by atoms with Crippen molar-refractivity contribution < 1.29 is 8.42 Å². The molecule has 0 radical (unpaired) electrons. The standard InChI is InChI=1S/C14H17ClN2O2S/c1-10(2)14-16-13(20(15,18)19)9-17(14)8-12-7-5-4-6-11(12)3/h4-7,9-10H,8H2,1-3H3. The van der Waals surface area contributed by atoms with Gasteiger partial charge in [0.2, 0.25) is 0 Å². The molecule has 0 spiro atoms. The first-order valence-corrected chi connectivity index (χ1v) is 8.66. The minimum atomic E-state index is -3.80. The maximum atomic E-state index is 11.4. The van der Waals surface area contributed by atoms with E-state index in [4.69, 9.17) is 10.7 Å². The Morgan fingerprint density at radius 1 is 1.30 bits per heavy atom. The molecule has 20 heavy (non-hydrogen) atoms. The number of nitrogens with zero attached hydrogens (tertiary/aromatic N) is 2. The zero-order valence-electron chi connectivity index (χ0n) is 11.7. The van der Waals surface area contributed by atoms with Crippen LogP contribution in [-0.4, -0.2) is 18.0 Å². The van der Waals surface area contributed by atoms with E-state index >= 15 is 0 Å². The second-order valence-corrected chi connectivity index (χ2v) is 7.60. The zero-order valence-corrected chi connectivity index (χ0v) is 13.2. The Bertz CT molecular complexity index is 721. The third-order valence-corrected chi connectivity index (χ3v) is 4.32. The number of hydrogen-bond acceptors (Lipinski definition) is 3. The van der Waals surface area contributed by atoms with Crippen LogP contribution in [0.3, 0.4) is 0 Å². The molecule has 2 aromatic rings. The van der Waals surface area contributed by atoms with Crippen LogP contribution in [0.1, 0.15) is 36.7 Å². The monoisotopic (exact) mass is 312 g/mol. The van der Waals surface area contributed by atoms with E-state index < -0.39 is 9.05 Å². The van der Waals surface area contributed by atoms with E-state index in [1.807, 2.05) is 49.6 Å². The maximum absolute atomic E-state index is 11.4. The highest BCUT2D eigenvalue weighted by atomic mass is 35.7. The third kappa shape index (κ3) is 3.22. The molecule has 0 N–H and O–H groups in total. The van der Waals surface area contributed by atoms with Gasteiger partial charge in [-0.05, 0) is 18.1 Å². The average Bonchev–Trinajstić information content (AvgIpc) is 2.76. The summed E-state index contributed by atoms with van der Waals surface area (Å²) >= 11 is 0. The lowest BCUT2D eigenvalue weighted by atomic mass is 10.1. The lowest BCUT2D eigenvalue weighted by molar-refractivity contribution is 0.606. The fourth-order valence-corrected chi connectivity index (χ4v) is 2.76. The van der Waals surface area contributed by atoms with Gasteiger partial charge in [-0.25, -0.2) is 13.4 Å². The van der Waals surface area contributed by atoms with Gasteiger partial charge in [-0.2, -0.15) is 0 Å². The van der Waals surface area contributed by atoms with Crippen LogP contribution in [0.25, 0.3) is 0 Å². The van der Waals surface area contributed by atoms with Crippen LogP contribution < -0.4 is 0 Å². The largest absolute Gasteiger partial charge is 0.329 e. The topological polar surface area (TPSA) is 52.0 Å². The molecule has 1 aromatic heterocycles. The molecule has 6 heteroatoms. The highest BCUT2D eigenvalue weighted by molar-refractivity contribution is 8.13. The number of halogens is 1. The van der Waals surface area contributed by atoms with Gasteiger partial charge in [0.15, 0.2) is 5.03 Å². The van der Waals surface area contributed by atoms with Crippen LogP contribution in [0.15, 0.2) is 35.5 Å².